The molecule has 0 N–H and O–H groups in total. The monoisotopic (exact) mass is 249 g/mol. The van der Waals surface area contributed by atoms with E-state index in [-0.39, 0.29) is 4.83 Å². The third-order valence-electron chi connectivity index (χ3n) is 1.37. The first-order valence-corrected chi connectivity index (χ1v) is 5.67. The Kier molecular flexibility index (Phi) is 4.18. The number of rotatable bonds is 4. The first-order chi connectivity index (χ1) is 5.74. The predicted molar refractivity (Wildman–Crippen MR) is 55.0 cm³/mol. The van der Waals surface area contributed by atoms with E-state index in [2.05, 4.69) is 26.3 Å². The molecule has 1 rings (SSSR count). The van der Waals surface area contributed by atoms with Crippen molar-refractivity contribution < 1.29 is 4.74 Å². The van der Waals surface area contributed by atoms with Crippen molar-refractivity contribution in [3.8, 4) is 0 Å². The van der Waals surface area contributed by atoms with Crippen LogP contribution in [0.25, 0.3) is 0 Å². The number of alkyl halides is 1. The number of hydrogen-bond acceptors (Lipinski definition) is 3. The SMILES string of the molecule is CCOCC(Br)c1nc(C)cs1. The first-order valence-electron chi connectivity index (χ1n) is 3.88. The van der Waals surface area contributed by atoms with Crippen LogP contribution < -0.4 is 0 Å². The summed E-state index contributed by atoms with van der Waals surface area (Å²) in [7, 11) is 0. The van der Waals surface area contributed by atoms with E-state index in [1.165, 1.54) is 0 Å². The highest BCUT2D eigenvalue weighted by Gasteiger charge is 2.10. The molecule has 0 amide bonds. The molecule has 1 aromatic rings. The number of hydrogen-bond donors (Lipinski definition) is 0. The molecule has 1 atom stereocenters. The second kappa shape index (κ2) is 4.94. The average Bonchev–Trinajstić information content (AvgIpc) is 2.47. The molecule has 0 aromatic carbocycles. The second-order valence-corrected chi connectivity index (χ2v) is 4.45. The van der Waals surface area contributed by atoms with Crippen LogP contribution in [0.15, 0.2) is 5.38 Å². The predicted octanol–water partition coefficient (Wildman–Crippen LogP) is 2.92. The summed E-state index contributed by atoms with van der Waals surface area (Å²) in [6, 6.07) is 0. The van der Waals surface area contributed by atoms with Gasteiger partial charge in [-0.15, -0.1) is 11.3 Å². The molecule has 0 fully saturated rings. The summed E-state index contributed by atoms with van der Waals surface area (Å²) in [5.74, 6) is 0. The average molecular weight is 250 g/mol. The molecule has 68 valence electrons. The lowest BCUT2D eigenvalue weighted by molar-refractivity contribution is 0.150. The summed E-state index contributed by atoms with van der Waals surface area (Å²) in [6.45, 7) is 5.45. The quantitative estimate of drug-likeness (QED) is 0.766. The maximum Gasteiger partial charge on any atom is 0.109 e. The van der Waals surface area contributed by atoms with E-state index >= 15 is 0 Å². The summed E-state index contributed by atoms with van der Waals surface area (Å²) < 4.78 is 5.28. The van der Waals surface area contributed by atoms with Crippen LogP contribution in [0.3, 0.4) is 0 Å². The Morgan fingerprint density at radius 2 is 2.50 bits per heavy atom. The minimum Gasteiger partial charge on any atom is -0.380 e. The van der Waals surface area contributed by atoms with Crippen molar-refractivity contribution in [2.75, 3.05) is 13.2 Å². The van der Waals surface area contributed by atoms with Gasteiger partial charge in [0.05, 0.1) is 11.4 Å². The maximum absolute atomic E-state index is 5.28. The molecule has 4 heteroatoms. The normalized spacial score (nSPS) is 13.2. The van der Waals surface area contributed by atoms with E-state index in [0.717, 1.165) is 17.3 Å². The molecular weight excluding hydrogens is 238 g/mol. The highest BCUT2D eigenvalue weighted by Crippen LogP contribution is 2.25. The van der Waals surface area contributed by atoms with Crippen LogP contribution in [0.1, 0.15) is 22.5 Å². The van der Waals surface area contributed by atoms with E-state index < -0.39 is 0 Å². The van der Waals surface area contributed by atoms with E-state index in [0.29, 0.717) is 6.61 Å². The number of aryl methyl sites for hydroxylation is 1. The van der Waals surface area contributed by atoms with Gasteiger partial charge in [0.1, 0.15) is 5.01 Å². The van der Waals surface area contributed by atoms with Gasteiger partial charge in [0.2, 0.25) is 0 Å². The molecule has 0 bridgehead atoms. The Hall–Kier alpha value is 0.0700. The lowest BCUT2D eigenvalue weighted by Crippen LogP contribution is -2.00. The minimum atomic E-state index is 0.246. The molecule has 12 heavy (non-hydrogen) atoms. The van der Waals surface area contributed by atoms with E-state index in [1.807, 2.05) is 13.8 Å². The standard InChI is InChI=1S/C8H12BrNOS/c1-3-11-4-7(9)8-10-6(2)5-12-8/h5,7H,3-4H2,1-2H3. The van der Waals surface area contributed by atoms with E-state index in [9.17, 15) is 0 Å². The maximum atomic E-state index is 5.28. The van der Waals surface area contributed by atoms with Gasteiger partial charge in [0, 0.05) is 17.7 Å². The fourth-order valence-corrected chi connectivity index (χ4v) is 2.18. The number of ether oxygens (including phenoxy) is 1. The van der Waals surface area contributed by atoms with Crippen LogP contribution in [0, 0.1) is 6.92 Å². The molecule has 0 saturated heterocycles. The molecule has 1 aromatic heterocycles. The number of thiazole rings is 1. The molecule has 1 unspecified atom stereocenters. The van der Waals surface area contributed by atoms with Crippen LogP contribution in [-0.4, -0.2) is 18.2 Å². The Balaban J connectivity index is 2.47. The summed E-state index contributed by atoms with van der Waals surface area (Å²) >= 11 is 5.19. The number of nitrogens with zero attached hydrogens (tertiary/aromatic N) is 1. The van der Waals surface area contributed by atoms with Crippen molar-refractivity contribution in [1.29, 1.82) is 0 Å². The summed E-state index contributed by atoms with van der Waals surface area (Å²) in [4.78, 5) is 4.60. The Morgan fingerprint density at radius 1 is 1.75 bits per heavy atom. The summed E-state index contributed by atoms with van der Waals surface area (Å²) in [5.41, 5.74) is 1.08. The Bertz CT molecular complexity index is 239. The third kappa shape index (κ3) is 2.84. The van der Waals surface area contributed by atoms with Crippen molar-refractivity contribution in [2.24, 2.45) is 0 Å². The smallest absolute Gasteiger partial charge is 0.109 e. The van der Waals surface area contributed by atoms with Crippen molar-refractivity contribution >= 4 is 27.3 Å². The van der Waals surface area contributed by atoms with Gasteiger partial charge in [-0.2, -0.15) is 0 Å². The van der Waals surface area contributed by atoms with Gasteiger partial charge in [-0.1, -0.05) is 15.9 Å². The molecule has 2 nitrogen and oxygen atoms in total. The molecule has 1 heterocycles. The number of aromatic nitrogens is 1. The summed E-state index contributed by atoms with van der Waals surface area (Å²) in [5, 5.41) is 3.15. The number of halogens is 1. The molecule has 0 aliphatic rings. The highest BCUT2D eigenvalue weighted by atomic mass is 79.9. The molecular formula is C8H12BrNOS. The topological polar surface area (TPSA) is 22.1 Å². The van der Waals surface area contributed by atoms with Crippen molar-refractivity contribution in [3.63, 3.8) is 0 Å². The highest BCUT2D eigenvalue weighted by molar-refractivity contribution is 9.09. The summed E-state index contributed by atoms with van der Waals surface area (Å²) in [6.07, 6.45) is 0. The van der Waals surface area contributed by atoms with Crippen LogP contribution in [0.4, 0.5) is 0 Å². The Morgan fingerprint density at radius 3 is 3.00 bits per heavy atom. The van der Waals surface area contributed by atoms with E-state index in [1.54, 1.807) is 11.3 Å². The van der Waals surface area contributed by atoms with Crippen LogP contribution in [0.2, 0.25) is 0 Å². The van der Waals surface area contributed by atoms with Crippen molar-refractivity contribution in [1.82, 2.24) is 4.98 Å². The Labute approximate surface area is 85.1 Å². The minimum absolute atomic E-state index is 0.246. The van der Waals surface area contributed by atoms with Gasteiger partial charge >= 0.3 is 0 Å². The fraction of sp³-hybridized carbons (Fsp3) is 0.625. The first kappa shape index (κ1) is 10.2. The van der Waals surface area contributed by atoms with Crippen LogP contribution in [-0.2, 0) is 4.74 Å². The van der Waals surface area contributed by atoms with E-state index in [4.69, 9.17) is 4.74 Å². The molecule has 0 aliphatic carbocycles. The van der Waals surface area contributed by atoms with Gasteiger partial charge in [-0.25, -0.2) is 4.98 Å². The fourth-order valence-electron chi connectivity index (χ4n) is 0.809. The van der Waals surface area contributed by atoms with Gasteiger partial charge < -0.3 is 4.74 Å². The zero-order valence-corrected chi connectivity index (χ0v) is 9.61. The lowest BCUT2D eigenvalue weighted by Gasteiger charge is -2.05. The molecule has 0 aliphatic heterocycles. The van der Waals surface area contributed by atoms with Gasteiger partial charge in [-0.05, 0) is 13.8 Å². The zero-order chi connectivity index (χ0) is 8.97. The molecule has 0 spiro atoms. The van der Waals surface area contributed by atoms with Crippen molar-refractivity contribution in [3.05, 3.63) is 16.1 Å². The zero-order valence-electron chi connectivity index (χ0n) is 7.21. The van der Waals surface area contributed by atoms with Crippen molar-refractivity contribution in [2.45, 2.75) is 18.7 Å². The van der Waals surface area contributed by atoms with Crippen LogP contribution in [0.5, 0.6) is 0 Å². The largest absolute Gasteiger partial charge is 0.380 e. The van der Waals surface area contributed by atoms with Crippen LogP contribution >= 0.6 is 27.3 Å². The third-order valence-corrected chi connectivity index (χ3v) is 3.45. The molecule has 0 radical (unpaired) electrons. The second-order valence-electron chi connectivity index (χ2n) is 2.45. The van der Waals surface area contributed by atoms with Gasteiger partial charge in [0.25, 0.3) is 0 Å². The van der Waals surface area contributed by atoms with Gasteiger partial charge in [0.15, 0.2) is 0 Å². The van der Waals surface area contributed by atoms with Gasteiger partial charge in [-0.3, -0.25) is 0 Å². The lowest BCUT2D eigenvalue weighted by atomic mass is 10.4. The molecule has 0 saturated carbocycles.